The minimum absolute atomic E-state index is 0.486. The van der Waals surface area contributed by atoms with Crippen molar-refractivity contribution in [2.45, 2.75) is 19.6 Å². The highest BCUT2D eigenvalue weighted by atomic mass is 32.2. The molecule has 1 aromatic heterocycles. The van der Waals surface area contributed by atoms with Crippen LogP contribution in [-0.2, 0) is 5.75 Å². The van der Waals surface area contributed by atoms with Gasteiger partial charge < -0.3 is 10.0 Å². The number of thiophene rings is 1. The number of hydrogen-bond donors (Lipinski definition) is 1. The van der Waals surface area contributed by atoms with Crippen LogP contribution in [0.1, 0.15) is 29.1 Å². The molecule has 3 nitrogen and oxygen atoms in total. The third-order valence-electron chi connectivity index (χ3n) is 2.64. The zero-order chi connectivity index (χ0) is 12.7. The molecule has 0 aliphatic rings. The van der Waals surface area contributed by atoms with Crippen molar-refractivity contribution in [3.8, 4) is 0 Å². The first-order chi connectivity index (χ1) is 8.19. The second kappa shape index (κ2) is 7.74. The summed E-state index contributed by atoms with van der Waals surface area (Å²) >= 11 is 3.11. The minimum Gasteiger partial charge on any atom is -0.477 e. The van der Waals surface area contributed by atoms with Crippen molar-refractivity contribution in [1.29, 1.82) is 0 Å². The molecule has 1 aromatic rings. The number of thioether (sulfide) groups is 1. The number of carbonyl (C=O) groups is 1. The van der Waals surface area contributed by atoms with Gasteiger partial charge in [-0.05, 0) is 30.1 Å². The van der Waals surface area contributed by atoms with Crippen molar-refractivity contribution in [3.05, 3.63) is 21.9 Å². The van der Waals surface area contributed by atoms with E-state index in [4.69, 9.17) is 5.11 Å². The van der Waals surface area contributed by atoms with Crippen LogP contribution < -0.4 is 0 Å². The maximum Gasteiger partial charge on any atom is 0.346 e. The topological polar surface area (TPSA) is 40.5 Å². The molecule has 1 N–H and O–H groups in total. The minimum atomic E-state index is -0.806. The molecule has 0 saturated carbocycles. The Morgan fingerprint density at radius 1 is 1.47 bits per heavy atom. The molecule has 1 rings (SSSR count). The summed E-state index contributed by atoms with van der Waals surface area (Å²) in [6, 6.07) is 1.92. The van der Waals surface area contributed by atoms with E-state index < -0.39 is 5.97 Å². The molecule has 0 saturated heterocycles. The summed E-state index contributed by atoms with van der Waals surface area (Å²) < 4.78 is 0. The molecular formula is C12H19NO2S2. The van der Waals surface area contributed by atoms with Crippen LogP contribution in [0, 0.1) is 0 Å². The lowest BCUT2D eigenvalue weighted by Gasteiger charge is -2.17. The normalized spacial score (nSPS) is 11.0. The number of hydrogen-bond acceptors (Lipinski definition) is 4. The molecule has 0 bridgehead atoms. The molecule has 96 valence electrons. The molecule has 17 heavy (non-hydrogen) atoms. The second-order valence-electron chi connectivity index (χ2n) is 3.66. The highest BCUT2D eigenvalue weighted by Crippen LogP contribution is 2.21. The van der Waals surface area contributed by atoms with Crippen LogP contribution in [0.15, 0.2) is 11.4 Å². The molecule has 0 aliphatic heterocycles. The Balaban J connectivity index is 2.31. The van der Waals surface area contributed by atoms with Crippen LogP contribution in [-0.4, -0.2) is 41.4 Å². The summed E-state index contributed by atoms with van der Waals surface area (Å²) in [6.07, 6.45) is 0. The fourth-order valence-corrected chi connectivity index (χ4v) is 3.40. The van der Waals surface area contributed by atoms with E-state index in [0.29, 0.717) is 4.88 Å². The molecule has 0 amide bonds. The van der Waals surface area contributed by atoms with Gasteiger partial charge in [0.2, 0.25) is 0 Å². The summed E-state index contributed by atoms with van der Waals surface area (Å²) in [6.45, 7) is 7.56. The maximum absolute atomic E-state index is 10.9. The van der Waals surface area contributed by atoms with Gasteiger partial charge in [-0.15, -0.1) is 11.3 Å². The average molecular weight is 273 g/mol. The van der Waals surface area contributed by atoms with Gasteiger partial charge in [-0.3, -0.25) is 0 Å². The lowest BCUT2D eigenvalue weighted by atomic mass is 10.3. The smallest absolute Gasteiger partial charge is 0.346 e. The van der Waals surface area contributed by atoms with Crippen molar-refractivity contribution < 1.29 is 9.90 Å². The van der Waals surface area contributed by atoms with Crippen LogP contribution >= 0.6 is 23.1 Å². The zero-order valence-electron chi connectivity index (χ0n) is 10.3. The predicted octanol–water partition coefficient (Wildman–Crippen LogP) is 3.02. The summed E-state index contributed by atoms with van der Waals surface area (Å²) in [7, 11) is 0. The second-order valence-corrected chi connectivity index (χ2v) is 5.68. The highest BCUT2D eigenvalue weighted by molar-refractivity contribution is 7.98. The number of carboxylic acids is 1. The molecule has 0 spiro atoms. The molecule has 0 aromatic carbocycles. The van der Waals surface area contributed by atoms with Gasteiger partial charge in [0.05, 0.1) is 0 Å². The van der Waals surface area contributed by atoms with Crippen molar-refractivity contribution in [2.75, 3.05) is 25.4 Å². The van der Waals surface area contributed by atoms with Gasteiger partial charge in [0.25, 0.3) is 0 Å². The van der Waals surface area contributed by atoms with E-state index >= 15 is 0 Å². The molecule has 0 atom stereocenters. The van der Waals surface area contributed by atoms with Crippen LogP contribution in [0.5, 0.6) is 0 Å². The van der Waals surface area contributed by atoms with Crippen molar-refractivity contribution in [3.63, 3.8) is 0 Å². The van der Waals surface area contributed by atoms with E-state index in [1.807, 2.05) is 11.4 Å². The van der Waals surface area contributed by atoms with Crippen LogP contribution in [0.25, 0.3) is 0 Å². The van der Waals surface area contributed by atoms with E-state index in [1.54, 1.807) is 11.8 Å². The molecule has 0 unspecified atom stereocenters. The highest BCUT2D eigenvalue weighted by Gasteiger charge is 2.11. The molecular weight excluding hydrogens is 254 g/mol. The molecule has 0 radical (unpaired) electrons. The van der Waals surface area contributed by atoms with Crippen LogP contribution in [0.3, 0.4) is 0 Å². The SMILES string of the molecule is CCN(CC)CCSCc1ccsc1C(=O)O. The lowest BCUT2D eigenvalue weighted by Crippen LogP contribution is -2.25. The molecule has 5 heteroatoms. The van der Waals surface area contributed by atoms with E-state index in [-0.39, 0.29) is 0 Å². The Bertz CT molecular complexity index is 348. The monoisotopic (exact) mass is 273 g/mol. The summed E-state index contributed by atoms with van der Waals surface area (Å²) in [4.78, 5) is 13.8. The largest absolute Gasteiger partial charge is 0.477 e. The standard InChI is InChI=1S/C12H19NO2S2/c1-3-13(4-2)6-8-16-9-10-5-7-17-11(10)12(14)15/h5,7H,3-4,6,8-9H2,1-2H3,(H,14,15). The van der Waals surface area contributed by atoms with Gasteiger partial charge in [0.15, 0.2) is 0 Å². The van der Waals surface area contributed by atoms with E-state index in [0.717, 1.165) is 36.7 Å². The van der Waals surface area contributed by atoms with Gasteiger partial charge in [-0.1, -0.05) is 13.8 Å². The van der Waals surface area contributed by atoms with Crippen molar-refractivity contribution in [2.24, 2.45) is 0 Å². The Hall–Kier alpha value is -0.520. The van der Waals surface area contributed by atoms with Crippen LogP contribution in [0.2, 0.25) is 0 Å². The van der Waals surface area contributed by atoms with Crippen molar-refractivity contribution >= 4 is 29.1 Å². The van der Waals surface area contributed by atoms with Gasteiger partial charge in [0.1, 0.15) is 4.88 Å². The lowest BCUT2D eigenvalue weighted by molar-refractivity contribution is 0.0701. The first kappa shape index (κ1) is 14.5. The Kier molecular flexibility index (Phi) is 6.62. The van der Waals surface area contributed by atoms with Crippen molar-refractivity contribution in [1.82, 2.24) is 4.90 Å². The summed E-state index contributed by atoms with van der Waals surface area (Å²) in [5.74, 6) is 1.04. The molecule has 0 fully saturated rings. The Morgan fingerprint density at radius 2 is 2.18 bits per heavy atom. The van der Waals surface area contributed by atoms with E-state index in [2.05, 4.69) is 18.7 Å². The fraction of sp³-hybridized carbons (Fsp3) is 0.583. The first-order valence-electron chi connectivity index (χ1n) is 5.78. The summed E-state index contributed by atoms with van der Waals surface area (Å²) in [5, 5.41) is 10.8. The Labute approximate surface area is 111 Å². The van der Waals surface area contributed by atoms with Gasteiger partial charge in [-0.25, -0.2) is 4.79 Å². The van der Waals surface area contributed by atoms with Gasteiger partial charge in [-0.2, -0.15) is 11.8 Å². The van der Waals surface area contributed by atoms with Crippen LogP contribution in [0.4, 0.5) is 0 Å². The number of rotatable bonds is 8. The van der Waals surface area contributed by atoms with E-state index in [1.165, 1.54) is 11.3 Å². The first-order valence-corrected chi connectivity index (χ1v) is 7.82. The van der Waals surface area contributed by atoms with Gasteiger partial charge >= 0.3 is 5.97 Å². The zero-order valence-corrected chi connectivity index (χ0v) is 11.9. The quantitative estimate of drug-likeness (QED) is 0.739. The predicted molar refractivity (Wildman–Crippen MR) is 75.2 cm³/mol. The maximum atomic E-state index is 10.9. The fourth-order valence-electron chi connectivity index (χ4n) is 1.55. The third-order valence-corrected chi connectivity index (χ3v) is 4.58. The number of carboxylic acid groups (broad SMARTS) is 1. The molecule has 0 aliphatic carbocycles. The van der Waals surface area contributed by atoms with E-state index in [9.17, 15) is 4.79 Å². The third kappa shape index (κ3) is 4.69. The number of nitrogens with zero attached hydrogens (tertiary/aromatic N) is 1. The number of aromatic carboxylic acids is 1. The summed E-state index contributed by atoms with van der Waals surface area (Å²) in [5.41, 5.74) is 0.951. The Morgan fingerprint density at radius 3 is 2.76 bits per heavy atom. The molecule has 1 heterocycles. The average Bonchev–Trinajstić information content (AvgIpc) is 2.78. The van der Waals surface area contributed by atoms with Gasteiger partial charge in [0, 0.05) is 18.1 Å².